The highest BCUT2D eigenvalue weighted by atomic mass is 16.2. The lowest BCUT2D eigenvalue weighted by molar-refractivity contribution is -0.134. The first-order chi connectivity index (χ1) is 33.0. The van der Waals surface area contributed by atoms with E-state index in [0.717, 1.165) is 44.9 Å². The molecule has 6 amide bonds. The Bertz CT molecular complexity index is 1270. The number of hydrogen-bond acceptors (Lipinski definition) is 9. The second-order valence-electron chi connectivity index (χ2n) is 19.3. The smallest absolute Gasteiger partial charge is 0.245 e. The number of carbonyl (C=O) groups excluding carboxylic acids is 6. The van der Waals surface area contributed by atoms with Crippen LogP contribution in [0.5, 0.6) is 0 Å². The molecule has 0 aromatic rings. The first-order valence-electron chi connectivity index (χ1n) is 27.9. The molecule has 0 fully saturated rings. The molecule has 0 spiro atoms. The van der Waals surface area contributed by atoms with E-state index in [-0.39, 0.29) is 37.6 Å². The molecule has 15 heteroatoms. The highest BCUT2D eigenvalue weighted by molar-refractivity contribution is 5.95. The van der Waals surface area contributed by atoms with Gasteiger partial charge in [0.1, 0.15) is 24.2 Å². The summed E-state index contributed by atoms with van der Waals surface area (Å²) in [6.45, 7) is 5.57. The van der Waals surface area contributed by atoms with Gasteiger partial charge in [-0.3, -0.25) is 28.8 Å². The van der Waals surface area contributed by atoms with Crippen molar-refractivity contribution in [3.63, 3.8) is 0 Å². The summed E-state index contributed by atoms with van der Waals surface area (Å²) in [5, 5.41) is 14.0. The van der Waals surface area contributed by atoms with Gasteiger partial charge in [0.05, 0.1) is 0 Å². The highest BCUT2D eigenvalue weighted by Crippen LogP contribution is 2.15. The van der Waals surface area contributed by atoms with Crippen LogP contribution < -0.4 is 49.5 Å². The largest absolute Gasteiger partial charge is 0.368 e. The Balaban J connectivity index is 5.61. The number of unbranched alkanes of at least 4 members (excludes halogenated alkanes) is 27. The minimum absolute atomic E-state index is 0.132. The molecule has 0 saturated heterocycles. The van der Waals surface area contributed by atoms with Crippen LogP contribution in [0.2, 0.25) is 0 Å². The molecule has 4 atom stereocenters. The zero-order valence-corrected chi connectivity index (χ0v) is 43.6. The number of primary amides is 1. The Kier molecular flexibility index (Phi) is 45.1. The van der Waals surface area contributed by atoms with Gasteiger partial charge in [0, 0.05) is 19.4 Å². The standard InChI is InChI=1S/C53H105N9O6/c1-3-5-7-9-11-13-15-17-19-21-23-25-27-38-48(63)58-43-47(59-49(64)39-28-26-24-22-20-18-16-14-12-10-8-6-4-2)53(68)62-46(37-31-34-42-56)52(67)61-45(36-30-33-41-55)51(66)60-44(50(57)65)35-29-32-40-54/h44-47H,3-43,54-56H2,1-2H3,(H2,57,65)(H,58,63)(H,59,64)(H,60,66)(H,61,67)(H,62,68)/t44-,45-,46-,47?/m0/s1. The molecule has 1 unspecified atom stereocenters. The summed E-state index contributed by atoms with van der Waals surface area (Å²) >= 11 is 0. The zero-order valence-electron chi connectivity index (χ0n) is 43.6. The zero-order chi connectivity index (χ0) is 50.3. The van der Waals surface area contributed by atoms with Crippen LogP contribution in [0.4, 0.5) is 0 Å². The maximum atomic E-state index is 14.1. The molecule has 0 radical (unpaired) electrons. The van der Waals surface area contributed by atoms with Crippen molar-refractivity contribution < 1.29 is 28.8 Å². The first-order valence-corrected chi connectivity index (χ1v) is 27.9. The molecule has 0 rings (SSSR count). The van der Waals surface area contributed by atoms with Crippen LogP contribution in [0.3, 0.4) is 0 Å². The Morgan fingerprint density at radius 1 is 0.338 bits per heavy atom. The van der Waals surface area contributed by atoms with Gasteiger partial charge in [-0.1, -0.05) is 168 Å². The Morgan fingerprint density at radius 2 is 0.632 bits per heavy atom. The molecular weight excluding hydrogens is 859 g/mol. The summed E-state index contributed by atoms with van der Waals surface area (Å²) in [5.41, 5.74) is 22.8. The van der Waals surface area contributed by atoms with E-state index in [1.165, 1.54) is 116 Å². The highest BCUT2D eigenvalue weighted by Gasteiger charge is 2.31. The third-order valence-electron chi connectivity index (χ3n) is 12.9. The molecule has 0 aromatic carbocycles. The van der Waals surface area contributed by atoms with Gasteiger partial charge in [0.25, 0.3) is 0 Å². The maximum Gasteiger partial charge on any atom is 0.245 e. The van der Waals surface area contributed by atoms with E-state index in [4.69, 9.17) is 22.9 Å². The minimum atomic E-state index is -1.13. The van der Waals surface area contributed by atoms with E-state index >= 15 is 0 Å². The van der Waals surface area contributed by atoms with Crippen LogP contribution in [0.25, 0.3) is 0 Å². The SMILES string of the molecule is CCCCCCCCCCCCCCCC(=O)NCC(NC(=O)CCCCCCCCCCCCCCC)C(=O)N[C@@H](CCCCN)C(=O)N[C@@H](CCCCN)C(=O)N[C@@H](CCCCN)C(N)=O. The van der Waals surface area contributed by atoms with Crippen molar-refractivity contribution in [1.82, 2.24) is 26.6 Å². The van der Waals surface area contributed by atoms with E-state index in [9.17, 15) is 28.8 Å². The lowest BCUT2D eigenvalue weighted by Crippen LogP contribution is -2.59. The fraction of sp³-hybridized carbons (Fsp3) is 0.887. The topological polar surface area (TPSA) is 267 Å². The van der Waals surface area contributed by atoms with Crippen LogP contribution in [0.15, 0.2) is 0 Å². The van der Waals surface area contributed by atoms with Crippen LogP contribution in [0, 0.1) is 0 Å². The van der Waals surface area contributed by atoms with Crippen molar-refractivity contribution in [1.29, 1.82) is 0 Å². The average Bonchev–Trinajstić information content (AvgIpc) is 3.32. The molecule has 398 valence electrons. The van der Waals surface area contributed by atoms with Crippen molar-refractivity contribution in [2.24, 2.45) is 22.9 Å². The quantitative estimate of drug-likeness (QED) is 0.0268. The first kappa shape index (κ1) is 64.7. The van der Waals surface area contributed by atoms with Crippen molar-refractivity contribution >= 4 is 35.4 Å². The van der Waals surface area contributed by atoms with Crippen LogP contribution in [-0.4, -0.2) is 85.8 Å². The molecule has 0 aliphatic carbocycles. The number of amides is 6. The van der Waals surface area contributed by atoms with E-state index in [0.29, 0.717) is 77.4 Å². The monoisotopic (exact) mass is 964 g/mol. The third-order valence-corrected chi connectivity index (χ3v) is 12.9. The van der Waals surface area contributed by atoms with Gasteiger partial charge >= 0.3 is 0 Å². The van der Waals surface area contributed by atoms with Crippen LogP contribution >= 0.6 is 0 Å². The van der Waals surface area contributed by atoms with Crippen LogP contribution in [-0.2, 0) is 28.8 Å². The molecule has 0 heterocycles. The molecule has 15 nitrogen and oxygen atoms in total. The fourth-order valence-corrected chi connectivity index (χ4v) is 8.51. The second kappa shape index (κ2) is 47.4. The number of nitrogens with two attached hydrogens (primary N) is 4. The number of carbonyl (C=O) groups is 6. The van der Waals surface area contributed by atoms with Gasteiger partial charge in [-0.2, -0.15) is 0 Å². The predicted octanol–water partition coefficient (Wildman–Crippen LogP) is 7.88. The normalized spacial score (nSPS) is 13.0. The second-order valence-corrected chi connectivity index (χ2v) is 19.3. The van der Waals surface area contributed by atoms with Gasteiger partial charge in [-0.25, -0.2) is 0 Å². The molecule has 0 aliphatic heterocycles. The van der Waals surface area contributed by atoms with E-state index in [1.807, 2.05) is 0 Å². The Hall–Kier alpha value is -3.30. The van der Waals surface area contributed by atoms with Crippen LogP contribution in [0.1, 0.15) is 251 Å². The molecular formula is C53H105N9O6. The van der Waals surface area contributed by atoms with E-state index < -0.39 is 47.8 Å². The van der Waals surface area contributed by atoms with E-state index in [1.54, 1.807) is 0 Å². The maximum absolute atomic E-state index is 14.1. The summed E-state index contributed by atoms with van der Waals surface area (Å²) in [6.07, 6.45) is 35.9. The summed E-state index contributed by atoms with van der Waals surface area (Å²) in [4.78, 5) is 80.2. The van der Waals surface area contributed by atoms with Gasteiger partial charge in [-0.15, -0.1) is 0 Å². The van der Waals surface area contributed by atoms with Crippen molar-refractivity contribution in [3.05, 3.63) is 0 Å². The summed E-state index contributed by atoms with van der Waals surface area (Å²) in [7, 11) is 0. The van der Waals surface area contributed by atoms with Crippen molar-refractivity contribution in [2.45, 2.75) is 276 Å². The van der Waals surface area contributed by atoms with Gasteiger partial charge < -0.3 is 49.5 Å². The number of rotatable bonds is 50. The molecule has 0 saturated carbocycles. The average molecular weight is 964 g/mol. The van der Waals surface area contributed by atoms with Crippen molar-refractivity contribution in [3.8, 4) is 0 Å². The molecule has 0 bridgehead atoms. The predicted molar refractivity (Wildman–Crippen MR) is 279 cm³/mol. The number of nitrogens with one attached hydrogen (secondary N) is 5. The number of hydrogen-bond donors (Lipinski definition) is 9. The summed E-state index contributed by atoms with van der Waals surface area (Å²) in [5.74, 6) is -2.95. The molecule has 0 aromatic heterocycles. The van der Waals surface area contributed by atoms with E-state index in [2.05, 4.69) is 40.4 Å². The Morgan fingerprint density at radius 3 is 0.971 bits per heavy atom. The molecule has 0 aliphatic rings. The summed E-state index contributed by atoms with van der Waals surface area (Å²) in [6, 6.07) is -4.16. The third kappa shape index (κ3) is 38.5. The summed E-state index contributed by atoms with van der Waals surface area (Å²) < 4.78 is 0. The molecule has 68 heavy (non-hydrogen) atoms. The lowest BCUT2D eigenvalue weighted by Gasteiger charge is -2.26. The van der Waals surface area contributed by atoms with Gasteiger partial charge in [0.2, 0.25) is 35.4 Å². The Labute approximate surface area is 414 Å². The van der Waals surface area contributed by atoms with Gasteiger partial charge in [-0.05, 0) is 90.3 Å². The van der Waals surface area contributed by atoms with Gasteiger partial charge in [0.15, 0.2) is 0 Å². The lowest BCUT2D eigenvalue weighted by atomic mass is 10.0. The minimum Gasteiger partial charge on any atom is -0.368 e. The fourth-order valence-electron chi connectivity index (χ4n) is 8.51. The molecule has 13 N–H and O–H groups in total. The van der Waals surface area contributed by atoms with Crippen molar-refractivity contribution in [2.75, 3.05) is 26.2 Å².